The van der Waals surface area contributed by atoms with Crippen molar-refractivity contribution in [1.29, 1.82) is 0 Å². The molecule has 1 heterocycles. The number of amides is 4. The summed E-state index contributed by atoms with van der Waals surface area (Å²) in [6.07, 6.45) is 9.58. The van der Waals surface area contributed by atoms with Crippen LogP contribution in [-0.2, 0) is 4.79 Å². The van der Waals surface area contributed by atoms with Gasteiger partial charge in [-0.05, 0) is 56.7 Å². The van der Waals surface area contributed by atoms with Crippen LogP contribution in [0.5, 0.6) is 0 Å². The molecule has 2 saturated carbocycles. The number of benzene rings is 1. The highest BCUT2D eigenvalue weighted by molar-refractivity contribution is 5.97. The van der Waals surface area contributed by atoms with Crippen molar-refractivity contribution in [3.63, 3.8) is 0 Å². The van der Waals surface area contributed by atoms with Gasteiger partial charge in [-0.1, -0.05) is 25.3 Å². The van der Waals surface area contributed by atoms with Gasteiger partial charge < -0.3 is 21.3 Å². The Labute approximate surface area is 189 Å². The number of piperidine rings is 1. The monoisotopic (exact) mass is 441 g/mol. The highest BCUT2D eigenvalue weighted by Gasteiger charge is 2.25. The summed E-state index contributed by atoms with van der Waals surface area (Å²) < 4.78 is 0. The van der Waals surface area contributed by atoms with E-state index in [9.17, 15) is 14.4 Å². The van der Waals surface area contributed by atoms with Crippen molar-refractivity contribution in [1.82, 2.24) is 20.9 Å². The molecule has 4 amide bonds. The van der Waals surface area contributed by atoms with E-state index in [0.717, 1.165) is 51.6 Å². The van der Waals surface area contributed by atoms with Crippen LogP contribution < -0.4 is 21.3 Å². The predicted octanol–water partition coefficient (Wildman–Crippen LogP) is 2.61. The van der Waals surface area contributed by atoms with E-state index < -0.39 is 0 Å². The fourth-order valence-electron chi connectivity index (χ4n) is 4.53. The lowest BCUT2D eigenvalue weighted by Crippen LogP contribution is -2.51. The van der Waals surface area contributed by atoms with Crippen LogP contribution in [0, 0.1) is 0 Å². The Kier molecular flexibility index (Phi) is 7.63. The van der Waals surface area contributed by atoms with Crippen molar-refractivity contribution in [2.45, 2.75) is 75.9 Å². The molecule has 8 heteroatoms. The molecule has 0 aromatic heterocycles. The fraction of sp³-hybridized carbons (Fsp3) is 0.625. The SMILES string of the molecule is O=C(CN1CCC(NC(=O)NC2CCCCC2)CC1)Nc1cccc(C(=O)NC2CC2)c1. The van der Waals surface area contributed by atoms with E-state index in [-0.39, 0.29) is 23.9 Å². The first-order valence-electron chi connectivity index (χ1n) is 12.1. The molecule has 174 valence electrons. The Morgan fingerprint density at radius 1 is 0.812 bits per heavy atom. The molecule has 4 N–H and O–H groups in total. The van der Waals surface area contributed by atoms with Gasteiger partial charge in [-0.2, -0.15) is 0 Å². The van der Waals surface area contributed by atoms with Crippen LogP contribution in [0.25, 0.3) is 0 Å². The largest absolute Gasteiger partial charge is 0.349 e. The van der Waals surface area contributed by atoms with Gasteiger partial charge in [0.05, 0.1) is 6.54 Å². The molecule has 8 nitrogen and oxygen atoms in total. The molecule has 0 radical (unpaired) electrons. The molecule has 1 saturated heterocycles. The van der Waals surface area contributed by atoms with E-state index in [0.29, 0.717) is 29.9 Å². The maximum absolute atomic E-state index is 12.5. The minimum absolute atomic E-state index is 0.0568. The van der Waals surface area contributed by atoms with Crippen molar-refractivity contribution in [2.75, 3.05) is 25.0 Å². The summed E-state index contributed by atoms with van der Waals surface area (Å²) in [4.78, 5) is 39.1. The molecule has 0 spiro atoms. The minimum atomic E-state index is -0.0919. The predicted molar refractivity (Wildman–Crippen MR) is 124 cm³/mol. The van der Waals surface area contributed by atoms with Crippen molar-refractivity contribution in [3.05, 3.63) is 29.8 Å². The Morgan fingerprint density at radius 3 is 2.16 bits per heavy atom. The maximum Gasteiger partial charge on any atom is 0.315 e. The van der Waals surface area contributed by atoms with Crippen LogP contribution in [-0.4, -0.2) is 60.5 Å². The first-order valence-corrected chi connectivity index (χ1v) is 12.1. The minimum Gasteiger partial charge on any atom is -0.349 e. The number of anilines is 1. The molecular formula is C24H35N5O3. The zero-order valence-corrected chi connectivity index (χ0v) is 18.7. The molecule has 0 unspecified atom stereocenters. The topological polar surface area (TPSA) is 103 Å². The van der Waals surface area contributed by atoms with Crippen LogP contribution in [0.3, 0.4) is 0 Å². The summed E-state index contributed by atoms with van der Waals surface area (Å²) in [5, 5.41) is 12.1. The van der Waals surface area contributed by atoms with Crippen LogP contribution in [0.4, 0.5) is 10.5 Å². The summed E-state index contributed by atoms with van der Waals surface area (Å²) in [7, 11) is 0. The summed E-state index contributed by atoms with van der Waals surface area (Å²) in [6.45, 7) is 1.84. The smallest absolute Gasteiger partial charge is 0.315 e. The number of nitrogens with zero attached hydrogens (tertiary/aromatic N) is 1. The first kappa shape index (κ1) is 22.6. The normalized spacial score (nSPS) is 20.4. The van der Waals surface area contributed by atoms with Gasteiger partial charge in [-0.15, -0.1) is 0 Å². The highest BCUT2D eigenvalue weighted by atomic mass is 16.2. The van der Waals surface area contributed by atoms with Crippen LogP contribution >= 0.6 is 0 Å². The number of carbonyl (C=O) groups excluding carboxylic acids is 3. The molecule has 2 aliphatic carbocycles. The number of nitrogens with one attached hydrogen (secondary N) is 4. The zero-order chi connectivity index (χ0) is 22.3. The van der Waals surface area contributed by atoms with Gasteiger partial charge in [0.2, 0.25) is 5.91 Å². The number of likely N-dealkylation sites (tertiary alicyclic amines) is 1. The standard InChI is InChI=1S/C24H35N5O3/c30-22(25-21-8-4-5-17(15-21)23(31)26-19-9-10-19)16-29-13-11-20(12-14-29)28-24(32)27-18-6-2-1-3-7-18/h4-5,8,15,18-20H,1-3,6-7,9-14,16H2,(H,25,30)(H,26,31)(H2,27,28,32). The van der Waals surface area contributed by atoms with Gasteiger partial charge >= 0.3 is 6.03 Å². The molecule has 3 aliphatic rings. The second-order valence-electron chi connectivity index (χ2n) is 9.38. The molecule has 3 fully saturated rings. The molecule has 32 heavy (non-hydrogen) atoms. The van der Waals surface area contributed by atoms with E-state index in [1.807, 2.05) is 0 Å². The van der Waals surface area contributed by atoms with Crippen molar-refractivity contribution in [3.8, 4) is 0 Å². The Bertz CT molecular complexity index is 812. The van der Waals surface area contributed by atoms with E-state index >= 15 is 0 Å². The lowest BCUT2D eigenvalue weighted by molar-refractivity contribution is -0.117. The van der Waals surface area contributed by atoms with Crippen molar-refractivity contribution in [2.24, 2.45) is 0 Å². The highest BCUT2D eigenvalue weighted by Crippen LogP contribution is 2.20. The molecule has 1 aliphatic heterocycles. The van der Waals surface area contributed by atoms with E-state index in [1.54, 1.807) is 24.3 Å². The Morgan fingerprint density at radius 2 is 1.47 bits per heavy atom. The fourth-order valence-corrected chi connectivity index (χ4v) is 4.53. The van der Waals surface area contributed by atoms with E-state index in [2.05, 4.69) is 26.2 Å². The van der Waals surface area contributed by atoms with Crippen LogP contribution in [0.1, 0.15) is 68.1 Å². The summed E-state index contributed by atoms with van der Waals surface area (Å²) in [5.74, 6) is -0.183. The average molecular weight is 442 g/mol. The van der Waals surface area contributed by atoms with Crippen LogP contribution in [0.15, 0.2) is 24.3 Å². The zero-order valence-electron chi connectivity index (χ0n) is 18.7. The summed E-state index contributed by atoms with van der Waals surface area (Å²) >= 11 is 0. The Balaban J connectivity index is 1.16. The second kappa shape index (κ2) is 10.8. The van der Waals surface area contributed by atoms with Gasteiger partial charge in [-0.25, -0.2) is 4.79 Å². The van der Waals surface area contributed by atoms with Gasteiger partial charge in [0.25, 0.3) is 5.91 Å². The Hall–Kier alpha value is -2.61. The van der Waals surface area contributed by atoms with Gasteiger partial charge in [0.15, 0.2) is 0 Å². The third-order valence-corrected chi connectivity index (χ3v) is 6.55. The number of hydrogen-bond donors (Lipinski definition) is 4. The van der Waals surface area contributed by atoms with Gasteiger partial charge in [0.1, 0.15) is 0 Å². The molecule has 1 aromatic rings. The van der Waals surface area contributed by atoms with Crippen molar-refractivity contribution >= 4 is 23.5 Å². The molecular weight excluding hydrogens is 406 g/mol. The lowest BCUT2D eigenvalue weighted by Gasteiger charge is -2.32. The third kappa shape index (κ3) is 6.95. The number of urea groups is 1. The van der Waals surface area contributed by atoms with Crippen LogP contribution in [0.2, 0.25) is 0 Å². The third-order valence-electron chi connectivity index (χ3n) is 6.55. The number of hydrogen-bond acceptors (Lipinski definition) is 4. The van der Waals surface area contributed by atoms with Gasteiger partial charge in [0, 0.05) is 42.5 Å². The molecule has 0 atom stereocenters. The number of rotatable bonds is 7. The molecule has 4 rings (SSSR count). The number of carbonyl (C=O) groups is 3. The van der Waals surface area contributed by atoms with E-state index in [4.69, 9.17) is 0 Å². The molecule has 1 aromatic carbocycles. The summed E-state index contributed by atoms with van der Waals surface area (Å²) in [6, 6.07) is 7.77. The second-order valence-corrected chi connectivity index (χ2v) is 9.38. The van der Waals surface area contributed by atoms with Crippen molar-refractivity contribution < 1.29 is 14.4 Å². The quantitative estimate of drug-likeness (QED) is 0.522. The average Bonchev–Trinajstić information content (AvgIpc) is 3.60. The maximum atomic E-state index is 12.5. The van der Waals surface area contributed by atoms with Gasteiger partial charge in [-0.3, -0.25) is 14.5 Å². The lowest BCUT2D eigenvalue weighted by atomic mass is 9.96. The summed E-state index contributed by atoms with van der Waals surface area (Å²) in [5.41, 5.74) is 1.20. The first-order chi connectivity index (χ1) is 15.5. The van der Waals surface area contributed by atoms with E-state index in [1.165, 1.54) is 19.3 Å². The molecule has 0 bridgehead atoms.